The molecular formula is C21H22F2N4O3. The lowest BCUT2D eigenvalue weighted by molar-refractivity contribution is 0.0903. The highest BCUT2D eigenvalue weighted by Crippen LogP contribution is 2.25. The van der Waals surface area contributed by atoms with Crippen molar-refractivity contribution in [3.8, 4) is 11.5 Å². The Bertz CT molecular complexity index is 1110. The van der Waals surface area contributed by atoms with Crippen LogP contribution in [0.5, 0.6) is 11.5 Å². The van der Waals surface area contributed by atoms with E-state index in [1.165, 1.54) is 10.6 Å². The van der Waals surface area contributed by atoms with Gasteiger partial charge in [-0.05, 0) is 37.5 Å². The van der Waals surface area contributed by atoms with E-state index in [0.717, 1.165) is 25.0 Å². The average molecular weight is 416 g/mol. The first-order valence-electron chi connectivity index (χ1n) is 9.93. The van der Waals surface area contributed by atoms with Crippen molar-refractivity contribution in [2.45, 2.75) is 38.8 Å². The van der Waals surface area contributed by atoms with Crippen molar-refractivity contribution in [2.24, 2.45) is 0 Å². The van der Waals surface area contributed by atoms with Gasteiger partial charge in [-0.15, -0.1) is 0 Å². The van der Waals surface area contributed by atoms with Crippen LogP contribution in [0.2, 0.25) is 0 Å². The molecule has 1 aromatic carbocycles. The fourth-order valence-electron chi connectivity index (χ4n) is 3.41. The molecule has 4 rings (SSSR count). The largest absolute Gasteiger partial charge is 0.448 e. The smallest absolute Gasteiger partial charge is 0.295 e. The Morgan fingerprint density at radius 1 is 1.23 bits per heavy atom. The fourth-order valence-corrected chi connectivity index (χ4v) is 3.41. The van der Waals surface area contributed by atoms with Crippen LogP contribution in [0, 0.1) is 11.6 Å². The zero-order chi connectivity index (χ0) is 21.1. The number of anilines is 1. The van der Waals surface area contributed by atoms with Crippen molar-refractivity contribution in [3.63, 3.8) is 0 Å². The summed E-state index contributed by atoms with van der Waals surface area (Å²) in [6, 6.07) is 4.62. The van der Waals surface area contributed by atoms with Crippen LogP contribution in [-0.2, 0) is 11.3 Å². The molecule has 30 heavy (non-hydrogen) atoms. The van der Waals surface area contributed by atoms with E-state index in [4.69, 9.17) is 9.47 Å². The predicted molar refractivity (Wildman–Crippen MR) is 108 cm³/mol. The van der Waals surface area contributed by atoms with Gasteiger partial charge in [-0.3, -0.25) is 9.36 Å². The second-order valence-electron chi connectivity index (χ2n) is 7.15. The molecule has 0 bridgehead atoms. The van der Waals surface area contributed by atoms with Crippen molar-refractivity contribution < 1.29 is 18.3 Å². The summed E-state index contributed by atoms with van der Waals surface area (Å²) in [7, 11) is 0. The minimum absolute atomic E-state index is 0.0739. The number of pyridine rings is 1. The van der Waals surface area contributed by atoms with Crippen LogP contribution in [0.25, 0.3) is 11.0 Å². The van der Waals surface area contributed by atoms with Crippen molar-refractivity contribution in [1.29, 1.82) is 0 Å². The van der Waals surface area contributed by atoms with Gasteiger partial charge in [0, 0.05) is 43.4 Å². The Hall–Kier alpha value is -3.07. The topological polar surface area (TPSA) is 78.3 Å². The third kappa shape index (κ3) is 4.25. The standard InChI is InChI=1S/C21H22F2N4O3/c1-2-7-27-19-13(12-24-21(26-19)25-15-5-8-29-9-6-15)10-18(20(27)28)30-17-4-3-14(22)11-16(17)23/h3-4,10-12,15H,2,5-9H2,1H3,(H,24,25,26). The van der Waals surface area contributed by atoms with Gasteiger partial charge in [0.15, 0.2) is 17.3 Å². The highest BCUT2D eigenvalue weighted by atomic mass is 19.1. The first kappa shape index (κ1) is 20.2. The molecule has 0 unspecified atom stereocenters. The lowest BCUT2D eigenvalue weighted by Crippen LogP contribution is -2.29. The van der Waals surface area contributed by atoms with Crippen LogP contribution in [0.15, 0.2) is 35.3 Å². The van der Waals surface area contributed by atoms with E-state index in [1.54, 1.807) is 6.20 Å². The maximum absolute atomic E-state index is 14.0. The van der Waals surface area contributed by atoms with E-state index in [0.29, 0.717) is 49.2 Å². The second-order valence-corrected chi connectivity index (χ2v) is 7.15. The summed E-state index contributed by atoms with van der Waals surface area (Å²) in [5, 5.41) is 3.88. The molecule has 1 aliphatic heterocycles. The number of benzene rings is 1. The average Bonchev–Trinajstić information content (AvgIpc) is 2.74. The molecule has 1 aliphatic rings. The van der Waals surface area contributed by atoms with E-state index < -0.39 is 17.2 Å². The summed E-state index contributed by atoms with van der Waals surface area (Å²) in [4.78, 5) is 21.9. The molecule has 3 aromatic rings. The fraction of sp³-hybridized carbons (Fsp3) is 0.381. The van der Waals surface area contributed by atoms with Gasteiger partial charge in [0.05, 0.1) is 0 Å². The maximum Gasteiger partial charge on any atom is 0.295 e. The molecule has 0 saturated carbocycles. The third-order valence-corrected chi connectivity index (χ3v) is 4.91. The van der Waals surface area contributed by atoms with Crippen LogP contribution in [-0.4, -0.2) is 33.8 Å². The van der Waals surface area contributed by atoms with Gasteiger partial charge in [0.1, 0.15) is 11.5 Å². The lowest BCUT2D eigenvalue weighted by atomic mass is 10.1. The summed E-state index contributed by atoms with van der Waals surface area (Å²) < 4.78 is 39.5. The minimum Gasteiger partial charge on any atom is -0.448 e. The van der Waals surface area contributed by atoms with E-state index in [1.807, 2.05) is 6.92 Å². The van der Waals surface area contributed by atoms with Crippen molar-refractivity contribution in [1.82, 2.24) is 14.5 Å². The van der Waals surface area contributed by atoms with Gasteiger partial charge < -0.3 is 14.8 Å². The summed E-state index contributed by atoms with van der Waals surface area (Å²) in [6.45, 7) is 3.72. The molecule has 9 heteroatoms. The highest BCUT2D eigenvalue weighted by Gasteiger charge is 2.18. The molecule has 1 saturated heterocycles. The van der Waals surface area contributed by atoms with Crippen LogP contribution in [0.4, 0.5) is 14.7 Å². The Morgan fingerprint density at radius 3 is 2.77 bits per heavy atom. The number of nitrogens with one attached hydrogen (secondary N) is 1. The molecule has 0 spiro atoms. The van der Waals surface area contributed by atoms with Gasteiger partial charge in [-0.1, -0.05) is 6.92 Å². The number of hydrogen-bond acceptors (Lipinski definition) is 6. The second kappa shape index (κ2) is 8.74. The van der Waals surface area contributed by atoms with E-state index in [-0.39, 0.29) is 17.5 Å². The number of fused-ring (bicyclic) bond motifs is 1. The number of hydrogen-bond donors (Lipinski definition) is 1. The van der Waals surface area contributed by atoms with Crippen LogP contribution >= 0.6 is 0 Å². The molecule has 0 atom stereocenters. The molecule has 1 fully saturated rings. The summed E-state index contributed by atoms with van der Waals surface area (Å²) in [5.41, 5.74) is 0.0297. The van der Waals surface area contributed by atoms with Gasteiger partial charge in [-0.25, -0.2) is 13.8 Å². The summed E-state index contributed by atoms with van der Waals surface area (Å²) >= 11 is 0. The van der Waals surface area contributed by atoms with Crippen molar-refractivity contribution >= 4 is 17.0 Å². The van der Waals surface area contributed by atoms with Crippen LogP contribution in [0.3, 0.4) is 0 Å². The van der Waals surface area contributed by atoms with E-state index >= 15 is 0 Å². The SMILES string of the molecule is CCCn1c(=O)c(Oc2ccc(F)cc2F)cc2cnc(NC3CCOCC3)nc21. The normalized spacial score (nSPS) is 14.8. The van der Waals surface area contributed by atoms with Crippen molar-refractivity contribution in [3.05, 3.63) is 52.5 Å². The first-order valence-corrected chi connectivity index (χ1v) is 9.93. The monoisotopic (exact) mass is 416 g/mol. The highest BCUT2D eigenvalue weighted by molar-refractivity contribution is 5.77. The van der Waals surface area contributed by atoms with E-state index in [9.17, 15) is 13.6 Å². The quantitative estimate of drug-likeness (QED) is 0.657. The van der Waals surface area contributed by atoms with Gasteiger partial charge >= 0.3 is 0 Å². The Balaban J connectivity index is 1.71. The number of ether oxygens (including phenoxy) is 2. The Morgan fingerprint density at radius 2 is 2.03 bits per heavy atom. The van der Waals surface area contributed by atoms with Crippen LogP contribution in [0.1, 0.15) is 26.2 Å². The molecule has 1 N–H and O–H groups in total. The molecule has 0 radical (unpaired) electrons. The molecule has 7 nitrogen and oxygen atoms in total. The van der Waals surface area contributed by atoms with Gasteiger partial charge in [0.25, 0.3) is 5.56 Å². The van der Waals surface area contributed by atoms with E-state index in [2.05, 4.69) is 15.3 Å². The molecule has 0 aliphatic carbocycles. The Labute approximate surface area is 171 Å². The number of aryl methyl sites for hydroxylation is 1. The molecule has 0 amide bonds. The maximum atomic E-state index is 14.0. The lowest BCUT2D eigenvalue weighted by Gasteiger charge is -2.23. The summed E-state index contributed by atoms with van der Waals surface area (Å²) in [5.74, 6) is -1.47. The molecule has 3 heterocycles. The summed E-state index contributed by atoms with van der Waals surface area (Å²) in [6.07, 6.45) is 4.01. The first-order chi connectivity index (χ1) is 14.5. The zero-order valence-corrected chi connectivity index (χ0v) is 16.5. The number of halogens is 2. The number of nitrogens with zero attached hydrogens (tertiary/aromatic N) is 3. The van der Waals surface area contributed by atoms with Gasteiger partial charge in [-0.2, -0.15) is 4.98 Å². The minimum atomic E-state index is -0.885. The van der Waals surface area contributed by atoms with Gasteiger partial charge in [0.2, 0.25) is 5.95 Å². The third-order valence-electron chi connectivity index (χ3n) is 4.91. The molecule has 2 aromatic heterocycles. The van der Waals surface area contributed by atoms with Crippen molar-refractivity contribution in [2.75, 3.05) is 18.5 Å². The Kier molecular flexibility index (Phi) is 5.89. The molecular weight excluding hydrogens is 394 g/mol. The number of aromatic nitrogens is 3. The number of rotatable bonds is 6. The van der Waals surface area contributed by atoms with Crippen LogP contribution < -0.4 is 15.6 Å². The zero-order valence-electron chi connectivity index (χ0n) is 16.5. The predicted octanol–water partition coefficient (Wildman–Crippen LogP) is 3.86. The molecule has 158 valence electrons.